The van der Waals surface area contributed by atoms with E-state index in [0.29, 0.717) is 30.5 Å². The molecular weight excluding hydrogens is 256 g/mol. The number of hydrogen-bond acceptors (Lipinski definition) is 4. The van der Waals surface area contributed by atoms with Gasteiger partial charge in [-0.1, -0.05) is 12.1 Å². The summed E-state index contributed by atoms with van der Waals surface area (Å²) in [6.07, 6.45) is 2.25. The molecule has 1 aliphatic rings. The van der Waals surface area contributed by atoms with Gasteiger partial charge in [0.25, 0.3) is 5.91 Å². The molecule has 1 amide bonds. The van der Waals surface area contributed by atoms with Crippen molar-refractivity contribution in [1.82, 2.24) is 5.32 Å². The highest BCUT2D eigenvalue weighted by Crippen LogP contribution is 2.32. The fourth-order valence-electron chi connectivity index (χ4n) is 1.98. The van der Waals surface area contributed by atoms with Crippen molar-refractivity contribution in [2.75, 3.05) is 13.7 Å². The molecule has 1 atom stereocenters. The average Bonchev–Trinajstić information content (AvgIpc) is 3.24. The maximum Gasteiger partial charge on any atom is 0.260 e. The van der Waals surface area contributed by atoms with Gasteiger partial charge in [0.05, 0.1) is 7.11 Å². The van der Waals surface area contributed by atoms with E-state index in [0.717, 1.165) is 18.4 Å². The lowest BCUT2D eigenvalue weighted by atomic mass is 10.1. The van der Waals surface area contributed by atoms with Crippen LogP contribution in [0.2, 0.25) is 0 Å². The first-order valence-electron chi connectivity index (χ1n) is 6.98. The average molecular weight is 278 g/mol. The summed E-state index contributed by atoms with van der Waals surface area (Å²) in [5.74, 6) is 1.15. The Bertz CT molecular complexity index is 472. The van der Waals surface area contributed by atoms with Gasteiger partial charge in [-0.2, -0.15) is 0 Å². The number of rotatable bonds is 7. The first-order chi connectivity index (χ1) is 9.65. The molecule has 110 valence electrons. The predicted molar refractivity (Wildman–Crippen MR) is 77.0 cm³/mol. The number of benzene rings is 1. The zero-order chi connectivity index (χ0) is 14.5. The van der Waals surface area contributed by atoms with Crippen LogP contribution in [-0.2, 0) is 11.2 Å². The summed E-state index contributed by atoms with van der Waals surface area (Å²) in [7, 11) is 1.59. The number of ether oxygens (including phenoxy) is 2. The van der Waals surface area contributed by atoms with Crippen molar-refractivity contribution >= 4 is 5.91 Å². The van der Waals surface area contributed by atoms with E-state index in [1.54, 1.807) is 14.0 Å². The molecule has 20 heavy (non-hydrogen) atoms. The molecule has 0 bridgehead atoms. The number of hydrogen-bond donors (Lipinski definition) is 2. The minimum absolute atomic E-state index is 0.0860. The van der Waals surface area contributed by atoms with E-state index in [-0.39, 0.29) is 5.91 Å². The third kappa shape index (κ3) is 3.63. The molecule has 0 aromatic heterocycles. The SMILES string of the molecule is COc1cccc(CCN)c1OC(C)C(=O)NC1CC1. The number of carbonyl (C=O) groups excluding carboxylic acids is 1. The van der Waals surface area contributed by atoms with Crippen molar-refractivity contribution < 1.29 is 14.3 Å². The number of carbonyl (C=O) groups is 1. The van der Waals surface area contributed by atoms with Crippen LogP contribution >= 0.6 is 0 Å². The van der Waals surface area contributed by atoms with Crippen LogP contribution in [0.4, 0.5) is 0 Å². The molecule has 0 radical (unpaired) electrons. The monoisotopic (exact) mass is 278 g/mol. The number of para-hydroxylation sites is 1. The fourth-order valence-corrected chi connectivity index (χ4v) is 1.98. The Labute approximate surface area is 119 Å². The second-order valence-corrected chi connectivity index (χ2v) is 5.03. The molecular formula is C15H22N2O3. The summed E-state index contributed by atoms with van der Waals surface area (Å²) < 4.78 is 11.1. The first kappa shape index (κ1) is 14.7. The van der Waals surface area contributed by atoms with Crippen LogP contribution < -0.4 is 20.5 Å². The standard InChI is InChI=1S/C15H22N2O3/c1-10(15(18)17-12-6-7-12)20-14-11(8-9-16)4-3-5-13(14)19-2/h3-5,10,12H,6-9,16H2,1-2H3,(H,17,18). The largest absolute Gasteiger partial charge is 0.493 e. The van der Waals surface area contributed by atoms with Crippen molar-refractivity contribution in [3.8, 4) is 11.5 Å². The molecule has 1 aliphatic carbocycles. The number of methoxy groups -OCH3 is 1. The Hall–Kier alpha value is -1.75. The van der Waals surface area contributed by atoms with Crippen LogP contribution in [0.25, 0.3) is 0 Å². The lowest BCUT2D eigenvalue weighted by Gasteiger charge is -2.19. The minimum atomic E-state index is -0.552. The molecule has 1 fully saturated rings. The van der Waals surface area contributed by atoms with Gasteiger partial charge in [0, 0.05) is 6.04 Å². The molecule has 1 aromatic rings. The van der Waals surface area contributed by atoms with Gasteiger partial charge in [-0.15, -0.1) is 0 Å². The van der Waals surface area contributed by atoms with E-state index in [2.05, 4.69) is 5.32 Å². The smallest absolute Gasteiger partial charge is 0.260 e. The van der Waals surface area contributed by atoms with E-state index in [9.17, 15) is 4.79 Å². The van der Waals surface area contributed by atoms with Crippen molar-refractivity contribution in [1.29, 1.82) is 0 Å². The van der Waals surface area contributed by atoms with E-state index < -0.39 is 6.10 Å². The van der Waals surface area contributed by atoms with E-state index in [4.69, 9.17) is 15.2 Å². The number of nitrogens with two attached hydrogens (primary N) is 1. The second-order valence-electron chi connectivity index (χ2n) is 5.03. The Morgan fingerprint density at radius 3 is 2.85 bits per heavy atom. The topological polar surface area (TPSA) is 73.6 Å². The molecule has 5 nitrogen and oxygen atoms in total. The molecule has 0 saturated heterocycles. The Morgan fingerprint density at radius 1 is 1.50 bits per heavy atom. The van der Waals surface area contributed by atoms with E-state index in [1.165, 1.54) is 0 Å². The second kappa shape index (κ2) is 6.61. The molecule has 2 rings (SSSR count). The maximum absolute atomic E-state index is 12.0. The van der Waals surface area contributed by atoms with Crippen molar-refractivity contribution in [3.63, 3.8) is 0 Å². The Balaban J connectivity index is 2.10. The third-order valence-electron chi connectivity index (χ3n) is 3.28. The van der Waals surface area contributed by atoms with Crippen LogP contribution in [-0.4, -0.2) is 31.7 Å². The molecule has 0 spiro atoms. The van der Waals surface area contributed by atoms with Gasteiger partial charge >= 0.3 is 0 Å². The molecule has 5 heteroatoms. The molecule has 3 N–H and O–H groups in total. The van der Waals surface area contributed by atoms with Crippen LogP contribution in [0.3, 0.4) is 0 Å². The molecule has 1 aromatic carbocycles. The quantitative estimate of drug-likeness (QED) is 0.787. The summed E-state index contributed by atoms with van der Waals surface area (Å²) in [5, 5.41) is 2.93. The van der Waals surface area contributed by atoms with Crippen molar-refractivity contribution in [2.24, 2.45) is 5.73 Å². The van der Waals surface area contributed by atoms with Crippen molar-refractivity contribution in [2.45, 2.75) is 38.3 Å². The zero-order valence-electron chi connectivity index (χ0n) is 12.0. The normalized spacial score (nSPS) is 15.6. The van der Waals surface area contributed by atoms with Crippen LogP contribution in [0, 0.1) is 0 Å². The fraction of sp³-hybridized carbons (Fsp3) is 0.533. The van der Waals surface area contributed by atoms with E-state index in [1.807, 2.05) is 18.2 Å². The summed E-state index contributed by atoms with van der Waals surface area (Å²) in [6.45, 7) is 2.27. The highest BCUT2D eigenvalue weighted by atomic mass is 16.5. The predicted octanol–water partition coefficient (Wildman–Crippen LogP) is 1.24. The lowest BCUT2D eigenvalue weighted by Crippen LogP contribution is -2.37. The van der Waals surface area contributed by atoms with Crippen LogP contribution in [0.1, 0.15) is 25.3 Å². The van der Waals surface area contributed by atoms with Gasteiger partial charge in [-0.05, 0) is 44.4 Å². The van der Waals surface area contributed by atoms with Gasteiger partial charge < -0.3 is 20.5 Å². The van der Waals surface area contributed by atoms with Gasteiger partial charge in [-0.25, -0.2) is 0 Å². The highest BCUT2D eigenvalue weighted by molar-refractivity contribution is 5.81. The molecule has 1 saturated carbocycles. The summed E-state index contributed by atoms with van der Waals surface area (Å²) in [5.41, 5.74) is 6.57. The summed E-state index contributed by atoms with van der Waals surface area (Å²) in [6, 6.07) is 5.98. The molecule has 0 aliphatic heterocycles. The van der Waals surface area contributed by atoms with Gasteiger partial charge in [0.2, 0.25) is 0 Å². The highest BCUT2D eigenvalue weighted by Gasteiger charge is 2.27. The molecule has 1 unspecified atom stereocenters. The zero-order valence-corrected chi connectivity index (χ0v) is 12.0. The minimum Gasteiger partial charge on any atom is -0.493 e. The summed E-state index contributed by atoms with van der Waals surface area (Å²) >= 11 is 0. The molecule has 0 heterocycles. The number of nitrogens with one attached hydrogen (secondary N) is 1. The van der Waals surface area contributed by atoms with Crippen LogP contribution in [0.5, 0.6) is 11.5 Å². The summed E-state index contributed by atoms with van der Waals surface area (Å²) in [4.78, 5) is 12.0. The number of amides is 1. The first-order valence-corrected chi connectivity index (χ1v) is 6.98. The lowest BCUT2D eigenvalue weighted by molar-refractivity contribution is -0.127. The van der Waals surface area contributed by atoms with E-state index >= 15 is 0 Å². The maximum atomic E-state index is 12.0. The van der Waals surface area contributed by atoms with Gasteiger partial charge in [0.1, 0.15) is 0 Å². The Morgan fingerprint density at radius 2 is 2.25 bits per heavy atom. The van der Waals surface area contributed by atoms with Gasteiger partial charge in [0.15, 0.2) is 17.6 Å². The third-order valence-corrected chi connectivity index (χ3v) is 3.28. The van der Waals surface area contributed by atoms with Gasteiger partial charge in [-0.3, -0.25) is 4.79 Å². The van der Waals surface area contributed by atoms with Crippen molar-refractivity contribution in [3.05, 3.63) is 23.8 Å². The van der Waals surface area contributed by atoms with Crippen LogP contribution in [0.15, 0.2) is 18.2 Å². The Kier molecular flexibility index (Phi) is 4.84.